The minimum absolute atomic E-state index is 0.196. The minimum Gasteiger partial charge on any atom is -0.493 e. The van der Waals surface area contributed by atoms with Gasteiger partial charge in [-0.15, -0.1) is 0 Å². The molecule has 1 heterocycles. The molecule has 3 rings (SSSR count). The Bertz CT molecular complexity index is 706. The molecule has 2 aromatic carbocycles. The number of urea groups is 1. The lowest BCUT2D eigenvalue weighted by atomic mass is 10.0. The van der Waals surface area contributed by atoms with Gasteiger partial charge in [0.1, 0.15) is 17.4 Å². The van der Waals surface area contributed by atoms with Gasteiger partial charge in [0, 0.05) is 18.1 Å². The predicted octanol–water partition coefficient (Wildman–Crippen LogP) is 3.61. The summed E-state index contributed by atoms with van der Waals surface area (Å²) in [4.78, 5) is 12.0. The number of hydrogen-bond donors (Lipinski definition) is 2. The van der Waals surface area contributed by atoms with Crippen LogP contribution in [0.15, 0.2) is 42.5 Å². The van der Waals surface area contributed by atoms with Gasteiger partial charge >= 0.3 is 6.03 Å². The first kappa shape index (κ1) is 14.3. The maximum Gasteiger partial charge on any atom is 0.319 e. The van der Waals surface area contributed by atoms with Crippen LogP contribution >= 0.6 is 0 Å². The highest BCUT2D eigenvalue weighted by molar-refractivity contribution is 5.89. The third-order valence-corrected chi connectivity index (χ3v) is 3.44. The van der Waals surface area contributed by atoms with Gasteiger partial charge in [0.2, 0.25) is 0 Å². The van der Waals surface area contributed by atoms with Crippen molar-refractivity contribution in [3.63, 3.8) is 0 Å². The molecular weight excluding hydrogens is 290 g/mol. The molecule has 0 saturated heterocycles. The Morgan fingerprint density at radius 2 is 2.00 bits per heavy atom. The van der Waals surface area contributed by atoms with Gasteiger partial charge in [0.25, 0.3) is 0 Å². The molecule has 114 valence electrons. The summed E-state index contributed by atoms with van der Waals surface area (Å²) in [5.74, 6) is -0.590. The summed E-state index contributed by atoms with van der Waals surface area (Å²) in [5, 5.41) is 5.07. The summed E-state index contributed by atoms with van der Waals surface area (Å²) >= 11 is 0. The van der Waals surface area contributed by atoms with Crippen molar-refractivity contribution in [3.05, 3.63) is 59.7 Å². The second kappa shape index (κ2) is 6.01. The molecule has 6 heteroatoms. The SMILES string of the molecule is O=C(Nc1cc(F)ccc1F)N[C@@H]1CCOc2ccccc21. The second-order valence-corrected chi connectivity index (χ2v) is 4.95. The third kappa shape index (κ3) is 3.00. The summed E-state index contributed by atoms with van der Waals surface area (Å²) in [6, 6.07) is 9.47. The molecule has 1 aliphatic rings. The van der Waals surface area contributed by atoms with Crippen molar-refractivity contribution in [1.29, 1.82) is 0 Å². The van der Waals surface area contributed by atoms with Crippen LogP contribution in [0.1, 0.15) is 18.0 Å². The lowest BCUT2D eigenvalue weighted by molar-refractivity contribution is 0.232. The topological polar surface area (TPSA) is 50.4 Å². The van der Waals surface area contributed by atoms with Gasteiger partial charge in [0.05, 0.1) is 18.3 Å². The van der Waals surface area contributed by atoms with Gasteiger partial charge in [-0.05, 0) is 18.2 Å². The molecule has 0 saturated carbocycles. The maximum atomic E-state index is 13.5. The Morgan fingerprint density at radius 3 is 2.86 bits per heavy atom. The third-order valence-electron chi connectivity index (χ3n) is 3.44. The Labute approximate surface area is 126 Å². The molecule has 1 atom stereocenters. The van der Waals surface area contributed by atoms with E-state index in [0.717, 1.165) is 29.5 Å². The highest BCUT2D eigenvalue weighted by Gasteiger charge is 2.22. The molecule has 4 nitrogen and oxygen atoms in total. The van der Waals surface area contributed by atoms with E-state index < -0.39 is 17.7 Å². The van der Waals surface area contributed by atoms with E-state index in [1.165, 1.54) is 0 Å². The lowest BCUT2D eigenvalue weighted by Crippen LogP contribution is -2.35. The van der Waals surface area contributed by atoms with Crippen molar-refractivity contribution in [2.45, 2.75) is 12.5 Å². The van der Waals surface area contributed by atoms with Crippen LogP contribution in [0.5, 0.6) is 5.75 Å². The number of benzene rings is 2. The predicted molar refractivity (Wildman–Crippen MR) is 77.8 cm³/mol. The van der Waals surface area contributed by atoms with Gasteiger partial charge in [-0.25, -0.2) is 13.6 Å². The molecule has 0 bridgehead atoms. The van der Waals surface area contributed by atoms with Crippen molar-refractivity contribution >= 4 is 11.7 Å². The zero-order valence-corrected chi connectivity index (χ0v) is 11.6. The summed E-state index contributed by atoms with van der Waals surface area (Å²) < 4.78 is 32.1. The average molecular weight is 304 g/mol. The van der Waals surface area contributed by atoms with Crippen molar-refractivity contribution in [3.8, 4) is 5.75 Å². The van der Waals surface area contributed by atoms with E-state index in [2.05, 4.69) is 10.6 Å². The number of amides is 2. The zero-order chi connectivity index (χ0) is 15.5. The van der Waals surface area contributed by atoms with E-state index in [0.29, 0.717) is 13.0 Å². The number of hydrogen-bond acceptors (Lipinski definition) is 2. The van der Waals surface area contributed by atoms with Crippen LogP contribution in [0.25, 0.3) is 0 Å². The van der Waals surface area contributed by atoms with Crippen LogP contribution in [-0.4, -0.2) is 12.6 Å². The van der Waals surface area contributed by atoms with Crippen molar-refractivity contribution in [1.82, 2.24) is 5.32 Å². The van der Waals surface area contributed by atoms with Crippen molar-refractivity contribution in [2.75, 3.05) is 11.9 Å². The van der Waals surface area contributed by atoms with Crippen LogP contribution in [0.4, 0.5) is 19.3 Å². The van der Waals surface area contributed by atoms with E-state index in [9.17, 15) is 13.6 Å². The number of carbonyl (C=O) groups is 1. The number of para-hydroxylation sites is 1. The van der Waals surface area contributed by atoms with Crippen LogP contribution < -0.4 is 15.4 Å². The van der Waals surface area contributed by atoms with Crippen LogP contribution in [0.2, 0.25) is 0 Å². The molecule has 0 aromatic heterocycles. The number of nitrogens with one attached hydrogen (secondary N) is 2. The van der Waals surface area contributed by atoms with E-state index in [1.807, 2.05) is 24.3 Å². The quantitative estimate of drug-likeness (QED) is 0.890. The number of fused-ring (bicyclic) bond motifs is 1. The Hall–Kier alpha value is -2.63. The first-order valence-corrected chi connectivity index (χ1v) is 6.88. The standard InChI is InChI=1S/C16H14F2N2O2/c17-10-5-6-12(18)14(9-10)20-16(21)19-13-7-8-22-15-4-2-1-3-11(13)15/h1-6,9,13H,7-8H2,(H2,19,20,21)/t13-/m1/s1. The highest BCUT2D eigenvalue weighted by Crippen LogP contribution is 2.31. The first-order valence-electron chi connectivity index (χ1n) is 6.88. The molecule has 0 aliphatic carbocycles. The Kier molecular flexibility index (Phi) is 3.91. The number of halogens is 2. The van der Waals surface area contributed by atoms with E-state index in [4.69, 9.17) is 4.74 Å². The van der Waals surface area contributed by atoms with Crippen LogP contribution in [0, 0.1) is 11.6 Å². The van der Waals surface area contributed by atoms with Gasteiger partial charge in [-0.3, -0.25) is 0 Å². The monoisotopic (exact) mass is 304 g/mol. The average Bonchev–Trinajstić information content (AvgIpc) is 2.51. The molecule has 2 N–H and O–H groups in total. The minimum atomic E-state index is -0.691. The molecule has 0 spiro atoms. The molecule has 1 aliphatic heterocycles. The van der Waals surface area contributed by atoms with Crippen LogP contribution in [-0.2, 0) is 0 Å². The number of ether oxygens (including phenoxy) is 1. The molecule has 2 aromatic rings. The lowest BCUT2D eigenvalue weighted by Gasteiger charge is -2.26. The summed E-state index contributed by atoms with van der Waals surface area (Å²) in [5.41, 5.74) is 0.668. The number of carbonyl (C=O) groups excluding carboxylic acids is 1. The fourth-order valence-corrected chi connectivity index (χ4v) is 2.40. The molecule has 2 amide bonds. The molecule has 22 heavy (non-hydrogen) atoms. The maximum absolute atomic E-state index is 13.5. The summed E-state index contributed by atoms with van der Waals surface area (Å²) in [7, 11) is 0. The van der Waals surface area contributed by atoms with E-state index in [1.54, 1.807) is 0 Å². The van der Waals surface area contributed by atoms with E-state index >= 15 is 0 Å². The largest absolute Gasteiger partial charge is 0.493 e. The van der Waals surface area contributed by atoms with Crippen molar-refractivity contribution in [2.24, 2.45) is 0 Å². The number of rotatable bonds is 2. The van der Waals surface area contributed by atoms with Gasteiger partial charge in [-0.2, -0.15) is 0 Å². The fourth-order valence-electron chi connectivity index (χ4n) is 2.40. The smallest absolute Gasteiger partial charge is 0.319 e. The van der Waals surface area contributed by atoms with Crippen molar-refractivity contribution < 1.29 is 18.3 Å². The molecule has 0 fully saturated rings. The summed E-state index contributed by atoms with van der Waals surface area (Å²) in [6.07, 6.45) is 0.607. The van der Waals surface area contributed by atoms with Gasteiger partial charge in [0.15, 0.2) is 0 Å². The normalized spacial score (nSPS) is 16.4. The summed E-state index contributed by atoms with van der Waals surface area (Å²) in [6.45, 7) is 0.482. The Morgan fingerprint density at radius 1 is 1.18 bits per heavy atom. The second-order valence-electron chi connectivity index (χ2n) is 4.95. The van der Waals surface area contributed by atoms with Gasteiger partial charge in [-0.1, -0.05) is 18.2 Å². The Balaban J connectivity index is 1.72. The molecule has 0 radical (unpaired) electrons. The van der Waals surface area contributed by atoms with Crippen LogP contribution in [0.3, 0.4) is 0 Å². The van der Waals surface area contributed by atoms with E-state index in [-0.39, 0.29) is 11.7 Å². The zero-order valence-electron chi connectivity index (χ0n) is 11.6. The highest BCUT2D eigenvalue weighted by atomic mass is 19.1. The first-order chi connectivity index (χ1) is 10.6. The molecule has 0 unspecified atom stereocenters. The number of anilines is 1. The molecular formula is C16H14F2N2O2. The fraction of sp³-hybridized carbons (Fsp3) is 0.188. The van der Waals surface area contributed by atoms with Gasteiger partial charge < -0.3 is 15.4 Å².